The molecule has 0 aliphatic carbocycles. The summed E-state index contributed by atoms with van der Waals surface area (Å²) in [5.74, 6) is 0.901. The van der Waals surface area contributed by atoms with Gasteiger partial charge in [0, 0.05) is 24.0 Å². The quantitative estimate of drug-likeness (QED) is 0.919. The Labute approximate surface area is 124 Å². The molecule has 0 saturated heterocycles. The normalized spacial score (nSPS) is 11.6. The average Bonchev–Trinajstić information content (AvgIpc) is 2.89. The molecule has 0 aliphatic rings. The molecule has 4 nitrogen and oxygen atoms in total. The summed E-state index contributed by atoms with van der Waals surface area (Å²) in [5.41, 5.74) is 1.06. The molecule has 2 heterocycles. The molecule has 2 aromatic rings. The molecule has 108 valence electrons. The van der Waals surface area contributed by atoms with E-state index in [9.17, 15) is 0 Å². The smallest absolute Gasteiger partial charge is 0.151 e. The van der Waals surface area contributed by atoms with Crippen LogP contribution in [0.1, 0.15) is 31.3 Å². The van der Waals surface area contributed by atoms with E-state index in [1.807, 2.05) is 19.2 Å². The number of rotatable bonds is 5. The van der Waals surface area contributed by atoms with Crippen LogP contribution in [0.3, 0.4) is 0 Å². The second kappa shape index (κ2) is 6.33. The highest BCUT2D eigenvalue weighted by Gasteiger charge is 2.10. The van der Waals surface area contributed by atoms with Gasteiger partial charge in [0.1, 0.15) is 0 Å². The Hall–Kier alpha value is -1.46. The van der Waals surface area contributed by atoms with Crippen molar-refractivity contribution >= 4 is 17.2 Å². The van der Waals surface area contributed by atoms with Crippen molar-refractivity contribution in [3.05, 3.63) is 40.2 Å². The predicted molar refractivity (Wildman–Crippen MR) is 85.1 cm³/mol. The van der Waals surface area contributed by atoms with Gasteiger partial charge in [-0.1, -0.05) is 6.07 Å². The second-order valence-corrected chi connectivity index (χ2v) is 6.95. The molecule has 20 heavy (non-hydrogen) atoms. The Balaban J connectivity index is 1.93. The minimum Gasteiger partial charge on any atom is -0.353 e. The van der Waals surface area contributed by atoms with Crippen LogP contribution in [0.15, 0.2) is 29.6 Å². The Morgan fingerprint density at radius 2 is 2.00 bits per heavy atom. The van der Waals surface area contributed by atoms with Crippen molar-refractivity contribution in [1.82, 2.24) is 15.5 Å². The number of hydrogen-bond acceptors (Lipinski definition) is 5. The average molecular weight is 290 g/mol. The van der Waals surface area contributed by atoms with Gasteiger partial charge in [-0.05, 0) is 44.4 Å². The van der Waals surface area contributed by atoms with Crippen LogP contribution in [-0.2, 0) is 13.1 Å². The van der Waals surface area contributed by atoms with Gasteiger partial charge in [0.2, 0.25) is 0 Å². The van der Waals surface area contributed by atoms with Gasteiger partial charge < -0.3 is 10.2 Å². The zero-order chi connectivity index (χ0) is 14.6. The second-order valence-electron chi connectivity index (χ2n) is 5.92. The van der Waals surface area contributed by atoms with E-state index in [1.165, 1.54) is 4.88 Å². The Kier molecular flexibility index (Phi) is 4.73. The summed E-state index contributed by atoms with van der Waals surface area (Å²) in [5, 5.41) is 14.1. The molecule has 5 heteroatoms. The lowest BCUT2D eigenvalue weighted by Gasteiger charge is -2.20. The van der Waals surface area contributed by atoms with E-state index >= 15 is 0 Å². The molecule has 0 bridgehead atoms. The Morgan fingerprint density at radius 1 is 1.20 bits per heavy atom. The molecule has 0 fully saturated rings. The van der Waals surface area contributed by atoms with Crippen LogP contribution in [0.4, 0.5) is 5.82 Å². The summed E-state index contributed by atoms with van der Waals surface area (Å²) in [6, 6.07) is 8.27. The van der Waals surface area contributed by atoms with Crippen LogP contribution in [0, 0.1) is 0 Å². The lowest BCUT2D eigenvalue weighted by molar-refractivity contribution is 0.420. The van der Waals surface area contributed by atoms with Crippen LogP contribution in [-0.4, -0.2) is 22.8 Å². The predicted octanol–water partition coefficient (Wildman–Crippen LogP) is 3.06. The molecule has 0 aromatic carbocycles. The van der Waals surface area contributed by atoms with Gasteiger partial charge >= 0.3 is 0 Å². The zero-order valence-electron chi connectivity index (χ0n) is 12.6. The Morgan fingerprint density at radius 3 is 2.55 bits per heavy atom. The van der Waals surface area contributed by atoms with E-state index in [0.29, 0.717) is 0 Å². The number of hydrogen-bond donors (Lipinski definition) is 1. The summed E-state index contributed by atoms with van der Waals surface area (Å²) in [6.45, 7) is 8.04. The van der Waals surface area contributed by atoms with Crippen LogP contribution in [0.5, 0.6) is 0 Å². The van der Waals surface area contributed by atoms with Crippen molar-refractivity contribution in [2.75, 3.05) is 11.9 Å². The molecule has 2 aromatic heterocycles. The number of thiophene rings is 1. The molecule has 0 saturated carbocycles. The van der Waals surface area contributed by atoms with E-state index in [2.05, 4.69) is 58.7 Å². The van der Waals surface area contributed by atoms with E-state index in [-0.39, 0.29) is 5.54 Å². The standard InChI is InChI=1S/C15H22N4S/c1-15(2,3)16-10-12-7-8-14(18-17-12)19(4)11-13-6-5-9-20-13/h5-9,16H,10-11H2,1-4H3. The minimum atomic E-state index is 0.0936. The molecule has 0 unspecified atom stereocenters. The number of nitrogens with zero attached hydrogens (tertiary/aromatic N) is 3. The van der Waals surface area contributed by atoms with Crippen molar-refractivity contribution in [1.29, 1.82) is 0 Å². The first-order valence-electron chi connectivity index (χ1n) is 6.75. The van der Waals surface area contributed by atoms with Gasteiger partial charge in [0.25, 0.3) is 0 Å². The van der Waals surface area contributed by atoms with E-state index < -0.39 is 0 Å². The highest BCUT2D eigenvalue weighted by atomic mass is 32.1. The minimum absolute atomic E-state index is 0.0936. The molecule has 0 spiro atoms. The van der Waals surface area contributed by atoms with E-state index in [4.69, 9.17) is 0 Å². The summed E-state index contributed by atoms with van der Waals surface area (Å²) >= 11 is 1.76. The fraction of sp³-hybridized carbons (Fsp3) is 0.467. The van der Waals surface area contributed by atoms with E-state index in [0.717, 1.165) is 24.6 Å². The number of anilines is 1. The molecule has 0 amide bonds. The van der Waals surface area contributed by atoms with Crippen LogP contribution < -0.4 is 10.2 Å². The summed E-state index contributed by atoms with van der Waals surface area (Å²) in [7, 11) is 2.04. The van der Waals surface area contributed by atoms with Crippen molar-refractivity contribution in [3.8, 4) is 0 Å². The highest BCUT2D eigenvalue weighted by Crippen LogP contribution is 2.15. The van der Waals surface area contributed by atoms with Crippen LogP contribution >= 0.6 is 11.3 Å². The Bertz CT molecular complexity index is 514. The molecule has 2 rings (SSSR count). The first-order chi connectivity index (χ1) is 9.44. The fourth-order valence-electron chi connectivity index (χ4n) is 1.72. The third-order valence-electron chi connectivity index (χ3n) is 2.87. The summed E-state index contributed by atoms with van der Waals surface area (Å²) in [6.07, 6.45) is 0. The molecule has 0 aliphatic heterocycles. The lowest BCUT2D eigenvalue weighted by atomic mass is 10.1. The van der Waals surface area contributed by atoms with Gasteiger partial charge in [0.15, 0.2) is 5.82 Å². The van der Waals surface area contributed by atoms with Gasteiger partial charge in [-0.25, -0.2) is 0 Å². The number of aromatic nitrogens is 2. The van der Waals surface area contributed by atoms with Gasteiger partial charge in [0.05, 0.1) is 12.2 Å². The van der Waals surface area contributed by atoms with Crippen LogP contribution in [0.2, 0.25) is 0 Å². The maximum atomic E-state index is 4.30. The van der Waals surface area contributed by atoms with Crippen molar-refractivity contribution < 1.29 is 0 Å². The fourth-order valence-corrected chi connectivity index (χ4v) is 2.48. The zero-order valence-corrected chi connectivity index (χ0v) is 13.4. The van der Waals surface area contributed by atoms with Gasteiger partial charge in [-0.15, -0.1) is 16.4 Å². The van der Waals surface area contributed by atoms with Crippen molar-refractivity contribution in [3.63, 3.8) is 0 Å². The van der Waals surface area contributed by atoms with Crippen molar-refractivity contribution in [2.24, 2.45) is 0 Å². The third kappa shape index (κ3) is 4.58. The maximum absolute atomic E-state index is 4.30. The number of nitrogens with one attached hydrogen (secondary N) is 1. The molecular formula is C15H22N4S. The molecule has 0 atom stereocenters. The third-order valence-corrected chi connectivity index (χ3v) is 3.73. The van der Waals surface area contributed by atoms with E-state index in [1.54, 1.807) is 11.3 Å². The summed E-state index contributed by atoms with van der Waals surface area (Å²) in [4.78, 5) is 3.44. The largest absolute Gasteiger partial charge is 0.353 e. The van der Waals surface area contributed by atoms with Crippen LogP contribution in [0.25, 0.3) is 0 Å². The molecular weight excluding hydrogens is 268 g/mol. The van der Waals surface area contributed by atoms with Gasteiger partial charge in [-0.2, -0.15) is 5.10 Å². The lowest BCUT2D eigenvalue weighted by Crippen LogP contribution is -2.35. The topological polar surface area (TPSA) is 41.0 Å². The monoisotopic (exact) mass is 290 g/mol. The molecule has 1 N–H and O–H groups in total. The van der Waals surface area contributed by atoms with Crippen molar-refractivity contribution in [2.45, 2.75) is 39.4 Å². The maximum Gasteiger partial charge on any atom is 0.151 e. The molecule has 0 radical (unpaired) electrons. The SMILES string of the molecule is CN(Cc1cccs1)c1ccc(CNC(C)(C)C)nn1. The summed E-state index contributed by atoms with van der Waals surface area (Å²) < 4.78 is 0. The first-order valence-corrected chi connectivity index (χ1v) is 7.63. The van der Waals surface area contributed by atoms with Gasteiger partial charge in [-0.3, -0.25) is 0 Å². The first kappa shape index (κ1) is 14.9. The highest BCUT2D eigenvalue weighted by molar-refractivity contribution is 7.09.